The van der Waals surface area contributed by atoms with Gasteiger partial charge in [0.25, 0.3) is 0 Å². The Balaban J connectivity index is 2.39. The number of rotatable bonds is 21. The number of allylic oxidation sites excluding steroid dienone is 3. The van der Waals surface area contributed by atoms with Gasteiger partial charge >= 0.3 is 17.9 Å². The summed E-state index contributed by atoms with van der Waals surface area (Å²) in [6, 6.07) is 6.78. The summed E-state index contributed by atoms with van der Waals surface area (Å²) in [6.07, 6.45) is 19.4. The Labute approximate surface area is 215 Å². The fraction of sp³-hybridized carbons (Fsp3) is 0.500. The molecular formula is C30H42O6. The minimum atomic E-state index is -1.14. The van der Waals surface area contributed by atoms with Crippen molar-refractivity contribution in [3.63, 3.8) is 0 Å². The zero-order valence-electron chi connectivity index (χ0n) is 21.4. The van der Waals surface area contributed by atoms with Crippen LogP contribution in [0.1, 0.15) is 93.7 Å². The smallest absolute Gasteiger partial charge is 0.328 e. The van der Waals surface area contributed by atoms with E-state index in [2.05, 4.69) is 24.8 Å². The Hall–Kier alpha value is -3.15. The van der Waals surface area contributed by atoms with Crippen molar-refractivity contribution in [2.75, 3.05) is 0 Å². The van der Waals surface area contributed by atoms with Crippen molar-refractivity contribution in [1.82, 2.24) is 0 Å². The molecule has 6 nitrogen and oxygen atoms in total. The second kappa shape index (κ2) is 19.1. The third-order valence-corrected chi connectivity index (χ3v) is 6.05. The molecular weight excluding hydrogens is 456 g/mol. The lowest BCUT2D eigenvalue weighted by molar-refractivity contribution is -0.137. The molecule has 0 fully saturated rings. The highest BCUT2D eigenvalue weighted by molar-refractivity contribution is 5.83. The normalized spacial score (nSPS) is 11.6. The van der Waals surface area contributed by atoms with E-state index in [1.54, 1.807) is 6.08 Å². The van der Waals surface area contributed by atoms with Crippen LogP contribution in [0.3, 0.4) is 0 Å². The van der Waals surface area contributed by atoms with E-state index in [0.29, 0.717) is 5.57 Å². The zero-order chi connectivity index (χ0) is 26.6. The van der Waals surface area contributed by atoms with E-state index in [1.807, 2.05) is 12.2 Å². The van der Waals surface area contributed by atoms with Crippen molar-refractivity contribution in [3.05, 3.63) is 71.3 Å². The van der Waals surface area contributed by atoms with Gasteiger partial charge < -0.3 is 15.3 Å². The summed E-state index contributed by atoms with van der Waals surface area (Å²) in [6.45, 7) is 3.89. The molecule has 1 rings (SSSR count). The molecule has 0 amide bonds. The predicted molar refractivity (Wildman–Crippen MR) is 143 cm³/mol. The summed E-state index contributed by atoms with van der Waals surface area (Å²) in [5.41, 5.74) is 4.38. The molecule has 0 radical (unpaired) electrons. The first-order valence-electron chi connectivity index (χ1n) is 13.1. The molecule has 1 aromatic rings. The van der Waals surface area contributed by atoms with Gasteiger partial charge in [-0.05, 0) is 73.6 Å². The molecule has 0 spiro atoms. The number of carbonyl (C=O) groups is 3. The molecule has 6 heteroatoms. The average molecular weight is 499 g/mol. The Morgan fingerprint density at radius 2 is 1.44 bits per heavy atom. The lowest BCUT2D eigenvalue weighted by Crippen LogP contribution is -1.98. The van der Waals surface area contributed by atoms with Crippen molar-refractivity contribution >= 4 is 17.9 Å². The fourth-order valence-corrected chi connectivity index (χ4v) is 4.22. The summed E-state index contributed by atoms with van der Waals surface area (Å²) < 4.78 is 0. The summed E-state index contributed by atoms with van der Waals surface area (Å²) in [4.78, 5) is 32.2. The van der Waals surface area contributed by atoms with Crippen LogP contribution >= 0.6 is 0 Å². The van der Waals surface area contributed by atoms with Crippen LogP contribution in [0.25, 0.3) is 0 Å². The summed E-state index contributed by atoms with van der Waals surface area (Å²) >= 11 is 0. The van der Waals surface area contributed by atoms with Crippen LogP contribution in [0, 0.1) is 0 Å². The first-order chi connectivity index (χ1) is 17.3. The highest BCUT2D eigenvalue weighted by Crippen LogP contribution is 2.19. The van der Waals surface area contributed by atoms with Gasteiger partial charge in [-0.25, -0.2) is 4.79 Å². The van der Waals surface area contributed by atoms with E-state index >= 15 is 0 Å². The molecule has 0 aliphatic carbocycles. The molecule has 0 aliphatic rings. The SMILES string of the molecule is C=CCc1ccc(CCCCCCCC(=O)O)cc1CCCCCC/C=C/C(=C\C(=O)O)CC(=O)O. The van der Waals surface area contributed by atoms with Gasteiger partial charge in [-0.1, -0.05) is 68.5 Å². The van der Waals surface area contributed by atoms with Crippen molar-refractivity contribution in [2.24, 2.45) is 0 Å². The number of hydrogen-bond acceptors (Lipinski definition) is 3. The van der Waals surface area contributed by atoms with Gasteiger partial charge in [0.05, 0.1) is 6.42 Å². The van der Waals surface area contributed by atoms with Crippen molar-refractivity contribution in [1.29, 1.82) is 0 Å². The number of carboxylic acids is 3. The molecule has 0 saturated heterocycles. The molecule has 0 unspecified atom stereocenters. The third-order valence-electron chi connectivity index (χ3n) is 6.05. The van der Waals surface area contributed by atoms with E-state index in [0.717, 1.165) is 89.5 Å². The highest BCUT2D eigenvalue weighted by atomic mass is 16.4. The van der Waals surface area contributed by atoms with Crippen LogP contribution in [0.2, 0.25) is 0 Å². The lowest BCUT2D eigenvalue weighted by atomic mass is 9.94. The molecule has 3 N–H and O–H groups in total. The minimum absolute atomic E-state index is 0.267. The number of unbranched alkanes of at least 4 members (excludes halogenated alkanes) is 8. The number of carboxylic acid groups (broad SMARTS) is 3. The van der Waals surface area contributed by atoms with Gasteiger partial charge in [0, 0.05) is 12.5 Å². The minimum Gasteiger partial charge on any atom is -0.481 e. The largest absolute Gasteiger partial charge is 0.481 e. The van der Waals surface area contributed by atoms with E-state index in [9.17, 15) is 14.4 Å². The first kappa shape index (κ1) is 30.9. The molecule has 0 saturated carbocycles. The van der Waals surface area contributed by atoms with Gasteiger partial charge in [-0.3, -0.25) is 9.59 Å². The highest BCUT2D eigenvalue weighted by Gasteiger charge is 2.05. The number of aryl methyl sites for hydroxylation is 2. The number of benzene rings is 1. The predicted octanol–water partition coefficient (Wildman–Crippen LogP) is 6.92. The molecule has 0 aromatic heterocycles. The maximum atomic E-state index is 10.8. The van der Waals surface area contributed by atoms with Gasteiger partial charge in [-0.2, -0.15) is 0 Å². The van der Waals surface area contributed by atoms with Gasteiger partial charge in [0.15, 0.2) is 0 Å². The molecule has 198 valence electrons. The summed E-state index contributed by atoms with van der Waals surface area (Å²) in [5.74, 6) is -2.89. The monoisotopic (exact) mass is 498 g/mol. The second-order valence-electron chi connectivity index (χ2n) is 9.24. The van der Waals surface area contributed by atoms with Gasteiger partial charge in [0.2, 0.25) is 0 Å². The second-order valence-corrected chi connectivity index (χ2v) is 9.24. The molecule has 1 aromatic carbocycles. The summed E-state index contributed by atoms with van der Waals surface area (Å²) in [7, 11) is 0. The Kier molecular flexibility index (Phi) is 16.4. The van der Waals surface area contributed by atoms with Crippen molar-refractivity contribution in [3.8, 4) is 0 Å². The quantitative estimate of drug-likeness (QED) is 0.0734. The Morgan fingerprint density at radius 1 is 0.778 bits per heavy atom. The molecule has 0 bridgehead atoms. The molecule has 0 atom stereocenters. The van der Waals surface area contributed by atoms with Crippen LogP contribution in [-0.2, 0) is 33.6 Å². The maximum Gasteiger partial charge on any atom is 0.328 e. The number of aliphatic carboxylic acids is 3. The van der Waals surface area contributed by atoms with Crippen LogP contribution in [-0.4, -0.2) is 33.2 Å². The van der Waals surface area contributed by atoms with Crippen LogP contribution in [0.4, 0.5) is 0 Å². The van der Waals surface area contributed by atoms with E-state index in [1.165, 1.54) is 16.7 Å². The van der Waals surface area contributed by atoms with E-state index < -0.39 is 17.9 Å². The van der Waals surface area contributed by atoms with Crippen LogP contribution < -0.4 is 0 Å². The zero-order valence-corrected chi connectivity index (χ0v) is 21.4. The topological polar surface area (TPSA) is 112 Å². The standard InChI is InChI=1S/C30H42O6/c1-2-14-26-20-19-24(15-10-7-5-9-13-18-28(31)32)21-27(26)17-12-8-4-3-6-11-16-25(22-29(33)34)23-30(35)36/h2,11,16,19-22H,1,3-10,12-15,17-18,23H2,(H,31,32)(H,33,34)(H,35,36)/b16-11+,25-22+. The first-order valence-corrected chi connectivity index (χ1v) is 13.1. The fourth-order valence-electron chi connectivity index (χ4n) is 4.22. The van der Waals surface area contributed by atoms with Crippen molar-refractivity contribution < 1.29 is 29.7 Å². The van der Waals surface area contributed by atoms with E-state index in [-0.39, 0.29) is 12.8 Å². The molecule has 0 aliphatic heterocycles. The molecule has 36 heavy (non-hydrogen) atoms. The average Bonchev–Trinajstić information content (AvgIpc) is 2.80. The van der Waals surface area contributed by atoms with Crippen LogP contribution in [0.15, 0.2) is 54.7 Å². The summed E-state index contributed by atoms with van der Waals surface area (Å²) in [5, 5.41) is 26.4. The third kappa shape index (κ3) is 15.7. The lowest BCUT2D eigenvalue weighted by Gasteiger charge is -2.11. The van der Waals surface area contributed by atoms with Crippen LogP contribution in [0.5, 0.6) is 0 Å². The number of hydrogen-bond donors (Lipinski definition) is 3. The van der Waals surface area contributed by atoms with Crippen molar-refractivity contribution in [2.45, 2.75) is 96.3 Å². The van der Waals surface area contributed by atoms with Gasteiger partial charge in [0.1, 0.15) is 0 Å². The Bertz CT molecular complexity index is 897. The Morgan fingerprint density at radius 3 is 2.11 bits per heavy atom. The van der Waals surface area contributed by atoms with E-state index in [4.69, 9.17) is 15.3 Å². The maximum absolute atomic E-state index is 10.8. The molecule has 0 heterocycles. The van der Waals surface area contributed by atoms with Gasteiger partial charge in [-0.15, -0.1) is 6.58 Å².